The lowest BCUT2D eigenvalue weighted by Gasteiger charge is -1.96. The predicted molar refractivity (Wildman–Crippen MR) is 66.5 cm³/mol. The van der Waals surface area contributed by atoms with Gasteiger partial charge in [-0.25, -0.2) is 0 Å². The van der Waals surface area contributed by atoms with Crippen molar-refractivity contribution in [1.82, 2.24) is 10.5 Å². The Bertz CT molecular complexity index is 497. The van der Waals surface area contributed by atoms with Crippen LogP contribution in [0.3, 0.4) is 0 Å². The molecule has 1 heterocycles. The zero-order chi connectivity index (χ0) is 11.7. The average molecular weight is 228 g/mol. The molecule has 2 aromatic rings. The van der Waals surface area contributed by atoms with Crippen molar-refractivity contribution in [3.63, 3.8) is 0 Å². The normalized spacial score (nSPS) is 15.1. The highest BCUT2D eigenvalue weighted by molar-refractivity contribution is 5.57. The van der Waals surface area contributed by atoms with E-state index < -0.39 is 0 Å². The third kappa shape index (κ3) is 2.56. The van der Waals surface area contributed by atoms with Crippen LogP contribution < -0.4 is 5.32 Å². The Morgan fingerprint density at radius 1 is 1.29 bits per heavy atom. The van der Waals surface area contributed by atoms with Crippen LogP contribution in [0.15, 0.2) is 34.9 Å². The monoisotopic (exact) mass is 228 g/mol. The maximum atomic E-state index is 5.35. The van der Waals surface area contributed by atoms with Gasteiger partial charge in [0.05, 0.1) is 5.69 Å². The second-order valence-corrected chi connectivity index (χ2v) is 4.70. The Labute approximate surface area is 101 Å². The van der Waals surface area contributed by atoms with Gasteiger partial charge in [0.2, 0.25) is 0 Å². The summed E-state index contributed by atoms with van der Waals surface area (Å²) in [6, 6.07) is 11.0. The summed E-state index contributed by atoms with van der Waals surface area (Å²) in [6.07, 6.45) is 2.59. The Morgan fingerprint density at radius 3 is 2.76 bits per heavy atom. The molecule has 0 aliphatic heterocycles. The van der Waals surface area contributed by atoms with Crippen molar-refractivity contribution in [1.29, 1.82) is 0 Å². The Kier molecular flexibility index (Phi) is 2.69. The molecule has 1 aromatic heterocycles. The number of hydrogen-bond donors (Lipinski definition) is 1. The molecular formula is C14H16N2O. The van der Waals surface area contributed by atoms with E-state index in [0.717, 1.165) is 23.6 Å². The first-order valence-corrected chi connectivity index (χ1v) is 6.07. The fourth-order valence-corrected chi connectivity index (χ4v) is 1.79. The van der Waals surface area contributed by atoms with E-state index in [2.05, 4.69) is 41.7 Å². The SMILES string of the molecule is Cc1ccc(-c2cc(CNC3CC3)no2)cc1. The van der Waals surface area contributed by atoms with Crippen molar-refractivity contribution >= 4 is 0 Å². The molecule has 0 radical (unpaired) electrons. The summed E-state index contributed by atoms with van der Waals surface area (Å²) in [6.45, 7) is 2.88. The van der Waals surface area contributed by atoms with Crippen LogP contribution in [0.5, 0.6) is 0 Å². The van der Waals surface area contributed by atoms with Crippen molar-refractivity contribution in [3.8, 4) is 11.3 Å². The molecule has 0 atom stereocenters. The first-order valence-electron chi connectivity index (χ1n) is 6.07. The van der Waals surface area contributed by atoms with E-state index in [0.29, 0.717) is 6.04 Å². The summed E-state index contributed by atoms with van der Waals surface area (Å²) in [7, 11) is 0. The molecule has 0 amide bonds. The van der Waals surface area contributed by atoms with E-state index in [1.54, 1.807) is 0 Å². The summed E-state index contributed by atoms with van der Waals surface area (Å²) in [5.41, 5.74) is 3.32. The first kappa shape index (κ1) is 10.5. The Hall–Kier alpha value is -1.61. The summed E-state index contributed by atoms with van der Waals surface area (Å²) in [5.74, 6) is 0.845. The van der Waals surface area contributed by atoms with E-state index in [-0.39, 0.29) is 0 Å². The van der Waals surface area contributed by atoms with Crippen LogP contribution in [0.2, 0.25) is 0 Å². The van der Waals surface area contributed by atoms with Gasteiger partial charge in [-0.2, -0.15) is 0 Å². The van der Waals surface area contributed by atoms with E-state index >= 15 is 0 Å². The number of benzene rings is 1. The van der Waals surface area contributed by atoms with Crippen LogP contribution in [0.4, 0.5) is 0 Å². The number of aryl methyl sites for hydroxylation is 1. The molecular weight excluding hydrogens is 212 g/mol. The van der Waals surface area contributed by atoms with Crippen molar-refractivity contribution < 1.29 is 4.52 Å². The summed E-state index contributed by atoms with van der Waals surface area (Å²) in [5, 5.41) is 7.50. The van der Waals surface area contributed by atoms with Gasteiger partial charge in [-0.15, -0.1) is 0 Å². The molecule has 0 spiro atoms. The lowest BCUT2D eigenvalue weighted by Crippen LogP contribution is -2.15. The van der Waals surface area contributed by atoms with Gasteiger partial charge < -0.3 is 9.84 Å². The molecule has 88 valence electrons. The van der Waals surface area contributed by atoms with Gasteiger partial charge in [0.25, 0.3) is 0 Å². The van der Waals surface area contributed by atoms with Crippen LogP contribution in [0.25, 0.3) is 11.3 Å². The minimum Gasteiger partial charge on any atom is -0.356 e. The van der Waals surface area contributed by atoms with Gasteiger partial charge in [0, 0.05) is 24.2 Å². The maximum absolute atomic E-state index is 5.35. The second kappa shape index (κ2) is 4.34. The van der Waals surface area contributed by atoms with Crippen molar-refractivity contribution in [2.75, 3.05) is 0 Å². The molecule has 1 aromatic carbocycles. The van der Waals surface area contributed by atoms with Crippen molar-refractivity contribution in [2.45, 2.75) is 32.4 Å². The second-order valence-electron chi connectivity index (χ2n) is 4.70. The van der Waals surface area contributed by atoms with E-state index in [4.69, 9.17) is 4.52 Å². The highest BCUT2D eigenvalue weighted by Gasteiger charge is 2.20. The van der Waals surface area contributed by atoms with Crippen molar-refractivity contribution in [2.24, 2.45) is 0 Å². The van der Waals surface area contributed by atoms with Gasteiger partial charge >= 0.3 is 0 Å². The van der Waals surface area contributed by atoms with Gasteiger partial charge in [-0.05, 0) is 19.8 Å². The predicted octanol–water partition coefficient (Wildman–Crippen LogP) is 2.90. The molecule has 1 aliphatic rings. The van der Waals surface area contributed by atoms with Gasteiger partial charge in [-0.1, -0.05) is 35.0 Å². The maximum Gasteiger partial charge on any atom is 0.167 e. The lowest BCUT2D eigenvalue weighted by atomic mass is 10.1. The number of nitrogens with zero attached hydrogens (tertiary/aromatic N) is 1. The number of hydrogen-bond acceptors (Lipinski definition) is 3. The van der Waals surface area contributed by atoms with Crippen LogP contribution in [0.1, 0.15) is 24.1 Å². The summed E-state index contributed by atoms with van der Waals surface area (Å²) in [4.78, 5) is 0. The first-order chi connectivity index (χ1) is 8.31. The molecule has 0 saturated heterocycles. The van der Waals surface area contributed by atoms with E-state index in [1.165, 1.54) is 18.4 Å². The summed E-state index contributed by atoms with van der Waals surface area (Å²) < 4.78 is 5.35. The van der Waals surface area contributed by atoms with E-state index in [1.807, 2.05) is 6.07 Å². The third-order valence-corrected chi connectivity index (χ3v) is 3.04. The molecule has 3 nitrogen and oxygen atoms in total. The zero-order valence-electron chi connectivity index (χ0n) is 9.94. The number of nitrogens with one attached hydrogen (secondary N) is 1. The van der Waals surface area contributed by atoms with Gasteiger partial charge in [0.1, 0.15) is 0 Å². The smallest absolute Gasteiger partial charge is 0.167 e. The lowest BCUT2D eigenvalue weighted by molar-refractivity contribution is 0.420. The molecule has 3 rings (SSSR count). The minimum absolute atomic E-state index is 0.703. The van der Waals surface area contributed by atoms with Gasteiger partial charge in [0.15, 0.2) is 5.76 Å². The third-order valence-electron chi connectivity index (χ3n) is 3.04. The Morgan fingerprint density at radius 2 is 2.06 bits per heavy atom. The standard InChI is InChI=1S/C14H16N2O/c1-10-2-4-11(5-3-10)14-8-13(16-17-14)9-15-12-6-7-12/h2-5,8,12,15H,6-7,9H2,1H3. The van der Waals surface area contributed by atoms with Crippen LogP contribution in [0, 0.1) is 6.92 Å². The molecule has 0 bridgehead atoms. The van der Waals surface area contributed by atoms with Crippen LogP contribution in [-0.4, -0.2) is 11.2 Å². The molecule has 1 aliphatic carbocycles. The fourth-order valence-electron chi connectivity index (χ4n) is 1.79. The topological polar surface area (TPSA) is 38.1 Å². The zero-order valence-corrected chi connectivity index (χ0v) is 9.94. The van der Waals surface area contributed by atoms with Crippen LogP contribution >= 0.6 is 0 Å². The van der Waals surface area contributed by atoms with Gasteiger partial charge in [-0.3, -0.25) is 0 Å². The molecule has 1 N–H and O–H groups in total. The average Bonchev–Trinajstić information content (AvgIpc) is 3.06. The minimum atomic E-state index is 0.703. The molecule has 17 heavy (non-hydrogen) atoms. The van der Waals surface area contributed by atoms with E-state index in [9.17, 15) is 0 Å². The fraction of sp³-hybridized carbons (Fsp3) is 0.357. The highest BCUT2D eigenvalue weighted by Crippen LogP contribution is 2.22. The van der Waals surface area contributed by atoms with Crippen LogP contribution in [-0.2, 0) is 6.54 Å². The quantitative estimate of drug-likeness (QED) is 0.874. The molecule has 1 saturated carbocycles. The van der Waals surface area contributed by atoms with Crippen molar-refractivity contribution in [3.05, 3.63) is 41.6 Å². The highest BCUT2D eigenvalue weighted by atomic mass is 16.5. The molecule has 3 heteroatoms. The molecule has 0 unspecified atom stereocenters. The largest absolute Gasteiger partial charge is 0.356 e. The summed E-state index contributed by atoms with van der Waals surface area (Å²) >= 11 is 0. The number of rotatable bonds is 4. The number of aromatic nitrogens is 1. The Balaban J connectivity index is 1.72. The molecule has 1 fully saturated rings.